The van der Waals surface area contributed by atoms with Crippen molar-refractivity contribution in [3.05, 3.63) is 24.3 Å². The van der Waals surface area contributed by atoms with Crippen LogP contribution in [0, 0.1) is 0 Å². The van der Waals surface area contributed by atoms with Crippen LogP contribution in [0.1, 0.15) is 13.8 Å². The molecular weight excluding hydrogens is 392 g/mol. The van der Waals surface area contributed by atoms with Crippen molar-refractivity contribution in [1.29, 1.82) is 0 Å². The number of carbonyl (C=O) groups excluding carboxylic acids is 4. The van der Waals surface area contributed by atoms with E-state index >= 15 is 0 Å². The normalized spacial score (nSPS) is 9.85. The number of hydrogen-bond acceptors (Lipinski definition) is 10. The fourth-order valence-electron chi connectivity index (χ4n) is 1.06. The zero-order valence-corrected chi connectivity index (χ0v) is 17.6. The van der Waals surface area contributed by atoms with E-state index in [1.165, 1.54) is 0 Å². The zero-order valence-electron chi connectivity index (χ0n) is 15.3. The van der Waals surface area contributed by atoms with Crippen LogP contribution in [-0.4, -0.2) is 101 Å². The quantitative estimate of drug-likeness (QED) is 0.143. The van der Waals surface area contributed by atoms with Gasteiger partial charge in [0.05, 0.1) is 25.2 Å². The fraction of sp³-hybridized carbons (Fsp3) is 0.500. The van der Waals surface area contributed by atoms with E-state index in [0.29, 0.717) is 38.6 Å². The van der Waals surface area contributed by atoms with Gasteiger partial charge in [-0.15, -0.1) is 0 Å². The van der Waals surface area contributed by atoms with Crippen LogP contribution < -0.4 is 10.2 Å². The molecule has 148 valence electrons. The topological polar surface area (TPSA) is 151 Å². The first-order chi connectivity index (χ1) is 12.3. The molecule has 0 N–H and O–H groups in total. The van der Waals surface area contributed by atoms with Gasteiger partial charge in [0, 0.05) is 25.4 Å². The number of carboxylic acids is 2. The molecule has 0 heterocycles. The van der Waals surface area contributed by atoms with Crippen molar-refractivity contribution in [1.82, 2.24) is 0 Å². The Kier molecular flexibility index (Phi) is 25.3. The first kappa shape index (κ1) is 30.3. The molecule has 0 radical (unpaired) electrons. The van der Waals surface area contributed by atoms with Gasteiger partial charge in [-0.3, -0.25) is 0 Å². The standard InChI is InChI=1S/2C8H12O5.Ca/c2*1-2-12-5-6-13-8(11)4-3-7(9)10;/h2*3-4H,2,5-6H2,1H3,(H,9,10);/q;;+2/p-2/b2*4-3-;. The van der Waals surface area contributed by atoms with Gasteiger partial charge in [0.2, 0.25) is 0 Å². The average molecular weight is 414 g/mol. The third-order valence-electron chi connectivity index (χ3n) is 2.06. The Hall–Kier alpha value is -1.46. The molecule has 27 heavy (non-hydrogen) atoms. The number of rotatable bonds is 12. The van der Waals surface area contributed by atoms with Crippen LogP contribution in [0.25, 0.3) is 0 Å². The van der Waals surface area contributed by atoms with E-state index in [1.54, 1.807) is 0 Å². The van der Waals surface area contributed by atoms with Crippen LogP contribution in [0.5, 0.6) is 0 Å². The second-order valence-electron chi connectivity index (χ2n) is 4.03. The molecule has 0 aliphatic heterocycles. The van der Waals surface area contributed by atoms with Gasteiger partial charge in [-0.1, -0.05) is 0 Å². The molecule has 0 rings (SSSR count). The molecular formula is C16H22CaO10. The maximum atomic E-state index is 10.7. The van der Waals surface area contributed by atoms with Gasteiger partial charge in [-0.05, 0) is 26.0 Å². The van der Waals surface area contributed by atoms with Crippen molar-refractivity contribution in [2.75, 3.05) is 39.6 Å². The summed E-state index contributed by atoms with van der Waals surface area (Å²) >= 11 is 0. The van der Waals surface area contributed by atoms with E-state index in [-0.39, 0.29) is 51.0 Å². The van der Waals surface area contributed by atoms with Gasteiger partial charge in [-0.2, -0.15) is 0 Å². The Morgan fingerprint density at radius 3 is 1.26 bits per heavy atom. The van der Waals surface area contributed by atoms with E-state index in [2.05, 4.69) is 9.47 Å². The van der Waals surface area contributed by atoms with Gasteiger partial charge >= 0.3 is 49.7 Å². The maximum Gasteiger partial charge on any atom is 2.00 e. The summed E-state index contributed by atoms with van der Waals surface area (Å²) in [7, 11) is 0. The predicted molar refractivity (Wildman–Crippen MR) is 89.0 cm³/mol. The largest absolute Gasteiger partial charge is 2.00 e. The van der Waals surface area contributed by atoms with Gasteiger partial charge in [0.25, 0.3) is 0 Å². The van der Waals surface area contributed by atoms with Gasteiger partial charge < -0.3 is 38.7 Å². The minimum atomic E-state index is -1.43. The second kappa shape index (κ2) is 22.6. The summed E-state index contributed by atoms with van der Waals surface area (Å²) in [5.74, 6) is -4.30. The maximum absolute atomic E-state index is 10.7. The molecule has 0 aliphatic carbocycles. The zero-order chi connectivity index (χ0) is 20.2. The number of carboxylic acid groups (broad SMARTS) is 2. The van der Waals surface area contributed by atoms with Crippen LogP contribution in [-0.2, 0) is 38.1 Å². The summed E-state index contributed by atoms with van der Waals surface area (Å²) in [5.41, 5.74) is 0. The third kappa shape index (κ3) is 29.6. The Labute approximate surface area is 187 Å². The van der Waals surface area contributed by atoms with E-state index in [4.69, 9.17) is 9.47 Å². The van der Waals surface area contributed by atoms with E-state index in [0.717, 1.165) is 12.2 Å². The van der Waals surface area contributed by atoms with Crippen molar-refractivity contribution in [3.8, 4) is 0 Å². The molecule has 0 saturated carbocycles. The summed E-state index contributed by atoms with van der Waals surface area (Å²) in [6, 6.07) is 0. The van der Waals surface area contributed by atoms with E-state index in [9.17, 15) is 29.4 Å². The molecule has 0 saturated heterocycles. The summed E-state index contributed by atoms with van der Waals surface area (Å²) in [4.78, 5) is 41.0. The Bertz CT molecular complexity index is 444. The Balaban J connectivity index is -0.000000411. The summed E-state index contributed by atoms with van der Waals surface area (Å²) in [5, 5.41) is 19.7. The molecule has 0 aliphatic rings. The third-order valence-corrected chi connectivity index (χ3v) is 2.06. The van der Waals surface area contributed by atoms with Crippen LogP contribution in [0.3, 0.4) is 0 Å². The molecule has 0 aromatic carbocycles. The Morgan fingerprint density at radius 1 is 0.667 bits per heavy atom. The molecule has 0 unspecified atom stereocenters. The average Bonchev–Trinajstić information content (AvgIpc) is 2.59. The molecule has 0 aromatic heterocycles. The first-order valence-corrected chi connectivity index (χ1v) is 7.60. The van der Waals surface area contributed by atoms with Crippen molar-refractivity contribution in [2.45, 2.75) is 13.8 Å². The monoisotopic (exact) mass is 414 g/mol. The second-order valence-corrected chi connectivity index (χ2v) is 4.03. The minimum absolute atomic E-state index is 0. The van der Waals surface area contributed by atoms with Gasteiger partial charge in [0.15, 0.2) is 0 Å². The summed E-state index contributed by atoms with van der Waals surface area (Å²) in [6.07, 6.45) is 2.81. The van der Waals surface area contributed by atoms with Crippen LogP contribution >= 0.6 is 0 Å². The SMILES string of the molecule is CCOCCOC(=O)/C=C\C(=O)[O-].CCOCCOC(=O)/C=C\C(=O)[O-].[Ca+2]. The molecule has 0 atom stereocenters. The molecule has 11 heteroatoms. The number of esters is 2. The number of carbonyl (C=O) groups is 4. The molecule has 0 fully saturated rings. The summed E-state index contributed by atoms with van der Waals surface area (Å²) < 4.78 is 18.9. The van der Waals surface area contributed by atoms with Crippen molar-refractivity contribution in [3.63, 3.8) is 0 Å². The van der Waals surface area contributed by atoms with Crippen molar-refractivity contribution in [2.24, 2.45) is 0 Å². The molecule has 0 bridgehead atoms. The molecule has 0 spiro atoms. The van der Waals surface area contributed by atoms with Gasteiger partial charge in [0.1, 0.15) is 13.2 Å². The van der Waals surface area contributed by atoms with E-state index in [1.807, 2.05) is 13.8 Å². The number of ether oxygens (including phenoxy) is 4. The first-order valence-electron chi connectivity index (χ1n) is 7.60. The van der Waals surface area contributed by atoms with Crippen molar-refractivity contribution >= 4 is 61.6 Å². The van der Waals surface area contributed by atoms with Crippen LogP contribution in [0.15, 0.2) is 24.3 Å². The minimum Gasteiger partial charge on any atom is -0.545 e. The molecule has 0 amide bonds. The van der Waals surface area contributed by atoms with Crippen molar-refractivity contribution < 1.29 is 48.3 Å². The van der Waals surface area contributed by atoms with Crippen LogP contribution in [0.4, 0.5) is 0 Å². The Morgan fingerprint density at radius 2 is 1.00 bits per heavy atom. The number of aliphatic carboxylic acids is 2. The molecule has 0 aromatic rings. The summed E-state index contributed by atoms with van der Waals surface area (Å²) in [6.45, 7) is 5.57. The number of hydrogen-bond donors (Lipinski definition) is 0. The smallest absolute Gasteiger partial charge is 0.545 e. The molecule has 10 nitrogen and oxygen atoms in total. The van der Waals surface area contributed by atoms with Crippen LogP contribution in [0.2, 0.25) is 0 Å². The predicted octanol–water partition coefficient (Wildman–Crippen LogP) is -2.64. The fourth-order valence-corrected chi connectivity index (χ4v) is 1.06. The van der Waals surface area contributed by atoms with Gasteiger partial charge in [-0.25, -0.2) is 9.59 Å². The van der Waals surface area contributed by atoms with E-state index < -0.39 is 23.9 Å².